The summed E-state index contributed by atoms with van der Waals surface area (Å²) in [5, 5.41) is 3.75. The highest BCUT2D eigenvalue weighted by molar-refractivity contribution is 9.10. The monoisotopic (exact) mass is 363 g/mol. The molecule has 4 heteroatoms. The van der Waals surface area contributed by atoms with Crippen LogP contribution in [0.4, 0.5) is 0 Å². The van der Waals surface area contributed by atoms with E-state index in [1.54, 1.807) is 11.3 Å². The van der Waals surface area contributed by atoms with Gasteiger partial charge in [-0.15, -0.1) is 11.3 Å². The van der Waals surface area contributed by atoms with Gasteiger partial charge in [0.2, 0.25) is 0 Å². The molecule has 0 spiro atoms. The van der Waals surface area contributed by atoms with E-state index >= 15 is 0 Å². The van der Waals surface area contributed by atoms with Crippen molar-refractivity contribution in [2.75, 3.05) is 6.54 Å². The lowest BCUT2D eigenvalue weighted by atomic mass is 9.77. The lowest BCUT2D eigenvalue weighted by molar-refractivity contribution is 0.200. The summed E-state index contributed by atoms with van der Waals surface area (Å²) in [5.41, 5.74) is 0.425. The molecule has 2 rings (SSSR count). The molecule has 108 valence electrons. The Bertz CT molecular complexity index is 410. The van der Waals surface area contributed by atoms with E-state index in [-0.39, 0.29) is 0 Å². The minimum Gasteiger partial charge on any atom is -0.309 e. The molecule has 1 fully saturated rings. The quantitative estimate of drug-likeness (QED) is 0.672. The molecule has 1 N–H and O–H groups in total. The maximum atomic E-state index is 6.23. The highest BCUT2D eigenvalue weighted by Crippen LogP contribution is 2.50. The molecule has 19 heavy (non-hydrogen) atoms. The Hall–Kier alpha value is 0.430. The van der Waals surface area contributed by atoms with Crippen molar-refractivity contribution < 1.29 is 0 Å². The van der Waals surface area contributed by atoms with Crippen LogP contribution in [0.3, 0.4) is 0 Å². The zero-order valence-electron chi connectivity index (χ0n) is 11.9. The third-order valence-corrected chi connectivity index (χ3v) is 6.89. The molecule has 0 aromatic carbocycles. The lowest BCUT2D eigenvalue weighted by Crippen LogP contribution is -2.33. The maximum absolute atomic E-state index is 6.23. The Kier molecular flexibility index (Phi) is 5.38. The fraction of sp³-hybridized carbons (Fsp3) is 0.733. The van der Waals surface area contributed by atoms with Crippen molar-refractivity contribution in [2.45, 2.75) is 52.5 Å². The van der Waals surface area contributed by atoms with Crippen molar-refractivity contribution in [3.05, 3.63) is 19.8 Å². The summed E-state index contributed by atoms with van der Waals surface area (Å²) in [5.74, 6) is 0.709. The number of halogens is 2. The summed E-state index contributed by atoms with van der Waals surface area (Å²) in [6, 6.07) is 2.65. The van der Waals surface area contributed by atoms with Crippen LogP contribution >= 0.6 is 38.9 Å². The van der Waals surface area contributed by atoms with Gasteiger partial charge in [-0.1, -0.05) is 38.8 Å². The van der Waals surface area contributed by atoms with Crippen LogP contribution in [0, 0.1) is 11.3 Å². The Balaban J connectivity index is 2.25. The minimum absolute atomic E-state index is 0.425. The van der Waals surface area contributed by atoms with Crippen LogP contribution in [-0.2, 0) is 0 Å². The van der Waals surface area contributed by atoms with Crippen molar-refractivity contribution in [3.8, 4) is 0 Å². The van der Waals surface area contributed by atoms with Crippen molar-refractivity contribution in [1.29, 1.82) is 0 Å². The highest BCUT2D eigenvalue weighted by Gasteiger charge is 2.40. The third kappa shape index (κ3) is 3.55. The standard InChI is InChI=1S/C15H23BrClNS/c1-4-8-18-13(10-6-5-7-15(10,2)3)12-9-11(16)14(17)19-12/h9-10,13,18H,4-8H2,1-3H3. The van der Waals surface area contributed by atoms with Crippen LogP contribution in [0.15, 0.2) is 10.5 Å². The van der Waals surface area contributed by atoms with Gasteiger partial charge in [0.05, 0.1) is 0 Å². The highest BCUT2D eigenvalue weighted by atomic mass is 79.9. The van der Waals surface area contributed by atoms with E-state index in [2.05, 4.69) is 48.1 Å². The first-order chi connectivity index (χ1) is 8.95. The van der Waals surface area contributed by atoms with Gasteiger partial charge in [0.25, 0.3) is 0 Å². The van der Waals surface area contributed by atoms with Gasteiger partial charge < -0.3 is 5.32 Å². The second-order valence-electron chi connectivity index (χ2n) is 6.19. The average Bonchev–Trinajstić information content (AvgIpc) is 2.84. The van der Waals surface area contributed by atoms with Gasteiger partial charge in [-0.3, -0.25) is 0 Å². The summed E-state index contributed by atoms with van der Waals surface area (Å²) >= 11 is 11.5. The normalized spacial score (nSPS) is 23.7. The predicted octanol–water partition coefficient (Wildman–Crippen LogP) is 6.03. The van der Waals surface area contributed by atoms with Gasteiger partial charge in [-0.05, 0) is 59.1 Å². The van der Waals surface area contributed by atoms with E-state index in [0.717, 1.165) is 15.4 Å². The molecule has 1 heterocycles. The summed E-state index contributed by atoms with van der Waals surface area (Å²) in [6.07, 6.45) is 5.18. The van der Waals surface area contributed by atoms with Gasteiger partial charge in [-0.25, -0.2) is 0 Å². The van der Waals surface area contributed by atoms with E-state index in [1.165, 1.54) is 30.6 Å². The maximum Gasteiger partial charge on any atom is 0.107 e. The second kappa shape index (κ2) is 6.46. The molecule has 0 aliphatic heterocycles. The van der Waals surface area contributed by atoms with Gasteiger partial charge in [0.15, 0.2) is 0 Å². The SMILES string of the molecule is CCCNC(c1cc(Br)c(Cl)s1)C1CCCC1(C)C. The zero-order chi connectivity index (χ0) is 14.0. The summed E-state index contributed by atoms with van der Waals surface area (Å²) in [6.45, 7) is 8.12. The van der Waals surface area contributed by atoms with Crippen LogP contribution < -0.4 is 5.32 Å². The first-order valence-electron chi connectivity index (χ1n) is 7.14. The molecule has 1 saturated carbocycles. The zero-order valence-corrected chi connectivity index (χ0v) is 15.1. The number of hydrogen-bond acceptors (Lipinski definition) is 2. The molecule has 0 bridgehead atoms. The van der Waals surface area contributed by atoms with Gasteiger partial charge >= 0.3 is 0 Å². The molecule has 1 aliphatic carbocycles. The molecule has 1 nitrogen and oxygen atoms in total. The molecule has 2 unspecified atom stereocenters. The van der Waals surface area contributed by atoms with Crippen LogP contribution in [0.2, 0.25) is 4.34 Å². The number of thiophene rings is 1. The second-order valence-corrected chi connectivity index (χ2v) is 8.73. The number of hydrogen-bond donors (Lipinski definition) is 1. The Morgan fingerprint density at radius 1 is 1.58 bits per heavy atom. The molecule has 0 radical (unpaired) electrons. The van der Waals surface area contributed by atoms with Crippen LogP contribution in [0.25, 0.3) is 0 Å². The predicted molar refractivity (Wildman–Crippen MR) is 89.2 cm³/mol. The number of nitrogens with one attached hydrogen (secondary N) is 1. The third-order valence-electron chi connectivity index (χ3n) is 4.33. The largest absolute Gasteiger partial charge is 0.309 e. The topological polar surface area (TPSA) is 12.0 Å². The van der Waals surface area contributed by atoms with Crippen LogP contribution in [0.1, 0.15) is 57.4 Å². The van der Waals surface area contributed by atoms with Crippen molar-refractivity contribution in [1.82, 2.24) is 5.32 Å². The molecule has 1 aromatic heterocycles. The van der Waals surface area contributed by atoms with Crippen molar-refractivity contribution in [2.24, 2.45) is 11.3 Å². The van der Waals surface area contributed by atoms with Gasteiger partial charge in [0.1, 0.15) is 4.34 Å². The van der Waals surface area contributed by atoms with Gasteiger partial charge in [0, 0.05) is 15.4 Å². The van der Waals surface area contributed by atoms with Crippen LogP contribution in [-0.4, -0.2) is 6.54 Å². The Labute approximate surface area is 134 Å². The molecular formula is C15H23BrClNS. The van der Waals surface area contributed by atoms with Gasteiger partial charge in [-0.2, -0.15) is 0 Å². The minimum atomic E-state index is 0.425. The molecule has 1 aliphatic rings. The Morgan fingerprint density at radius 3 is 2.79 bits per heavy atom. The Morgan fingerprint density at radius 2 is 2.32 bits per heavy atom. The van der Waals surface area contributed by atoms with Crippen molar-refractivity contribution in [3.63, 3.8) is 0 Å². The summed E-state index contributed by atoms with van der Waals surface area (Å²) < 4.78 is 1.90. The lowest BCUT2D eigenvalue weighted by Gasteiger charge is -2.34. The van der Waals surface area contributed by atoms with Crippen LogP contribution in [0.5, 0.6) is 0 Å². The first-order valence-corrected chi connectivity index (χ1v) is 9.12. The average molecular weight is 365 g/mol. The molecular weight excluding hydrogens is 342 g/mol. The molecule has 2 atom stereocenters. The smallest absolute Gasteiger partial charge is 0.107 e. The van der Waals surface area contributed by atoms with Crippen molar-refractivity contribution >= 4 is 38.9 Å². The summed E-state index contributed by atoms with van der Waals surface area (Å²) in [7, 11) is 0. The first kappa shape index (κ1) is 15.8. The van der Waals surface area contributed by atoms with E-state index in [9.17, 15) is 0 Å². The van der Waals surface area contributed by atoms with E-state index in [4.69, 9.17) is 11.6 Å². The number of rotatable bonds is 5. The molecule has 0 saturated heterocycles. The fourth-order valence-electron chi connectivity index (χ4n) is 3.23. The van der Waals surface area contributed by atoms with E-state index < -0.39 is 0 Å². The fourth-order valence-corrected chi connectivity index (χ4v) is 5.11. The molecule has 0 amide bonds. The van der Waals surface area contributed by atoms with E-state index in [0.29, 0.717) is 17.4 Å². The van der Waals surface area contributed by atoms with E-state index in [1.807, 2.05) is 0 Å². The molecule has 1 aromatic rings. The summed E-state index contributed by atoms with van der Waals surface area (Å²) in [4.78, 5) is 1.38.